The summed E-state index contributed by atoms with van der Waals surface area (Å²) < 4.78 is 54.7. The zero-order chi connectivity index (χ0) is 16.1. The Hall–Kier alpha value is -1.22. The van der Waals surface area contributed by atoms with Crippen LogP contribution in [0.25, 0.3) is 0 Å². The molecule has 0 saturated carbocycles. The SMILES string of the molecule is C=C(CCOS(C)(=O)=O)COS(=O)(=O)c1ccc(C)cc1. The first-order valence-electron chi connectivity index (χ1n) is 6.07. The average molecular weight is 334 g/mol. The minimum atomic E-state index is -3.85. The molecule has 6 nitrogen and oxygen atoms in total. The van der Waals surface area contributed by atoms with Gasteiger partial charge in [0.15, 0.2) is 0 Å². The molecule has 0 radical (unpaired) electrons. The number of hydrogen-bond acceptors (Lipinski definition) is 6. The zero-order valence-corrected chi connectivity index (χ0v) is 13.5. The molecule has 0 aliphatic heterocycles. The van der Waals surface area contributed by atoms with E-state index in [1.165, 1.54) is 12.1 Å². The average Bonchev–Trinajstić information content (AvgIpc) is 2.35. The monoisotopic (exact) mass is 334 g/mol. The van der Waals surface area contributed by atoms with Gasteiger partial charge < -0.3 is 0 Å². The second-order valence-electron chi connectivity index (χ2n) is 4.56. The molecule has 1 rings (SSSR count). The smallest absolute Gasteiger partial charge is 0.270 e. The topological polar surface area (TPSA) is 86.7 Å². The lowest BCUT2D eigenvalue weighted by molar-refractivity contribution is 0.306. The second kappa shape index (κ2) is 7.17. The predicted octanol–water partition coefficient (Wildman–Crippen LogP) is 1.62. The first kappa shape index (κ1) is 17.8. The fraction of sp³-hybridized carbons (Fsp3) is 0.385. The Kier molecular flexibility index (Phi) is 6.09. The summed E-state index contributed by atoms with van der Waals surface area (Å²) in [6.07, 6.45) is 1.13. The summed E-state index contributed by atoms with van der Waals surface area (Å²) in [5, 5.41) is 0. The van der Waals surface area contributed by atoms with Crippen LogP contribution >= 0.6 is 0 Å². The second-order valence-corrected chi connectivity index (χ2v) is 7.81. The van der Waals surface area contributed by atoms with Crippen LogP contribution < -0.4 is 0 Å². The molecule has 0 heterocycles. The molecule has 0 spiro atoms. The van der Waals surface area contributed by atoms with Gasteiger partial charge in [0.25, 0.3) is 20.2 Å². The van der Waals surface area contributed by atoms with Crippen LogP contribution in [0.5, 0.6) is 0 Å². The van der Waals surface area contributed by atoms with Crippen LogP contribution in [-0.2, 0) is 28.6 Å². The van der Waals surface area contributed by atoms with Crippen molar-refractivity contribution in [2.45, 2.75) is 18.2 Å². The lowest BCUT2D eigenvalue weighted by Crippen LogP contribution is -2.11. The number of rotatable bonds is 8. The number of aryl methyl sites for hydroxylation is 1. The quantitative estimate of drug-likeness (QED) is 0.530. The summed E-state index contributed by atoms with van der Waals surface area (Å²) in [6.45, 7) is 5.16. The summed E-state index contributed by atoms with van der Waals surface area (Å²) >= 11 is 0. The van der Waals surface area contributed by atoms with Crippen LogP contribution in [0.1, 0.15) is 12.0 Å². The summed E-state index contributed by atoms with van der Waals surface area (Å²) in [6, 6.07) is 6.26. The van der Waals surface area contributed by atoms with Crippen LogP contribution in [0.15, 0.2) is 41.3 Å². The minimum absolute atomic E-state index is 0.0632. The maximum Gasteiger partial charge on any atom is 0.297 e. The van der Waals surface area contributed by atoms with Crippen molar-refractivity contribution in [2.75, 3.05) is 19.5 Å². The normalized spacial score (nSPS) is 12.3. The van der Waals surface area contributed by atoms with Gasteiger partial charge in [-0.2, -0.15) is 16.8 Å². The maximum absolute atomic E-state index is 11.9. The Labute approximate surface area is 125 Å². The van der Waals surface area contributed by atoms with Gasteiger partial charge in [-0.15, -0.1) is 0 Å². The fourth-order valence-corrected chi connectivity index (χ4v) is 2.66. The molecule has 0 bridgehead atoms. The molecule has 0 fully saturated rings. The van der Waals surface area contributed by atoms with E-state index in [-0.39, 0.29) is 24.5 Å². The molecule has 8 heteroatoms. The highest BCUT2D eigenvalue weighted by Crippen LogP contribution is 2.14. The Morgan fingerprint density at radius 2 is 1.67 bits per heavy atom. The van der Waals surface area contributed by atoms with Crippen molar-refractivity contribution in [2.24, 2.45) is 0 Å². The van der Waals surface area contributed by atoms with E-state index in [9.17, 15) is 16.8 Å². The largest absolute Gasteiger partial charge is 0.297 e. The van der Waals surface area contributed by atoms with Crippen LogP contribution in [0.2, 0.25) is 0 Å². The molecular formula is C13H18O6S2. The third-order valence-electron chi connectivity index (χ3n) is 2.48. The Balaban J connectivity index is 2.50. The van der Waals surface area contributed by atoms with E-state index >= 15 is 0 Å². The van der Waals surface area contributed by atoms with Gasteiger partial charge in [-0.3, -0.25) is 8.37 Å². The van der Waals surface area contributed by atoms with Crippen molar-refractivity contribution in [1.82, 2.24) is 0 Å². The van der Waals surface area contributed by atoms with Gasteiger partial charge in [0.1, 0.15) is 0 Å². The predicted molar refractivity (Wildman–Crippen MR) is 78.9 cm³/mol. The first-order chi connectivity index (χ1) is 9.60. The van der Waals surface area contributed by atoms with Gasteiger partial charge in [-0.1, -0.05) is 24.3 Å². The van der Waals surface area contributed by atoms with Crippen molar-refractivity contribution >= 4 is 20.2 Å². The van der Waals surface area contributed by atoms with E-state index in [4.69, 9.17) is 4.18 Å². The summed E-state index contributed by atoms with van der Waals surface area (Å²) in [7, 11) is -7.36. The van der Waals surface area contributed by atoms with E-state index in [1.54, 1.807) is 12.1 Å². The Morgan fingerprint density at radius 3 is 2.19 bits per heavy atom. The van der Waals surface area contributed by atoms with Crippen molar-refractivity contribution in [1.29, 1.82) is 0 Å². The molecule has 0 aliphatic carbocycles. The molecule has 21 heavy (non-hydrogen) atoms. The lowest BCUT2D eigenvalue weighted by Gasteiger charge is -2.08. The molecule has 1 aromatic carbocycles. The van der Waals surface area contributed by atoms with Gasteiger partial charge in [-0.25, -0.2) is 0 Å². The maximum atomic E-state index is 11.9. The Morgan fingerprint density at radius 1 is 1.10 bits per heavy atom. The van der Waals surface area contributed by atoms with Gasteiger partial charge in [0.05, 0.1) is 24.4 Å². The van der Waals surface area contributed by atoms with Gasteiger partial charge in [-0.05, 0) is 31.1 Å². The van der Waals surface area contributed by atoms with E-state index < -0.39 is 20.2 Å². The molecular weight excluding hydrogens is 316 g/mol. The van der Waals surface area contributed by atoms with Crippen LogP contribution in [0, 0.1) is 6.92 Å². The Bertz CT molecular complexity index is 687. The third-order valence-corrected chi connectivity index (χ3v) is 4.35. The van der Waals surface area contributed by atoms with E-state index in [2.05, 4.69) is 10.8 Å². The lowest BCUT2D eigenvalue weighted by atomic mass is 10.2. The van der Waals surface area contributed by atoms with Crippen molar-refractivity contribution in [3.05, 3.63) is 42.0 Å². The molecule has 0 aliphatic rings. The van der Waals surface area contributed by atoms with Gasteiger partial charge >= 0.3 is 0 Å². The highest BCUT2D eigenvalue weighted by molar-refractivity contribution is 7.86. The van der Waals surface area contributed by atoms with Crippen LogP contribution in [-0.4, -0.2) is 36.3 Å². The summed E-state index contributed by atoms with van der Waals surface area (Å²) in [4.78, 5) is 0.0632. The fourth-order valence-electron chi connectivity index (χ4n) is 1.34. The summed E-state index contributed by atoms with van der Waals surface area (Å²) in [5.41, 5.74) is 1.37. The van der Waals surface area contributed by atoms with E-state index in [0.29, 0.717) is 5.57 Å². The van der Waals surface area contributed by atoms with Gasteiger partial charge in [0, 0.05) is 0 Å². The van der Waals surface area contributed by atoms with Crippen molar-refractivity contribution in [3.63, 3.8) is 0 Å². The number of benzene rings is 1. The molecule has 0 saturated heterocycles. The van der Waals surface area contributed by atoms with E-state index in [0.717, 1.165) is 11.8 Å². The zero-order valence-electron chi connectivity index (χ0n) is 11.9. The minimum Gasteiger partial charge on any atom is -0.270 e. The highest BCUT2D eigenvalue weighted by Gasteiger charge is 2.15. The number of hydrogen-bond donors (Lipinski definition) is 0. The standard InChI is InChI=1S/C13H18O6S2/c1-11-4-6-13(7-5-11)21(16,17)19-10-12(2)8-9-18-20(3,14)15/h4-7H,2,8-10H2,1,3H3. The summed E-state index contributed by atoms with van der Waals surface area (Å²) in [5.74, 6) is 0. The molecule has 0 aromatic heterocycles. The van der Waals surface area contributed by atoms with E-state index in [1.807, 2.05) is 6.92 Å². The highest BCUT2D eigenvalue weighted by atomic mass is 32.2. The first-order valence-corrected chi connectivity index (χ1v) is 9.30. The molecule has 0 N–H and O–H groups in total. The van der Waals surface area contributed by atoms with Gasteiger partial charge in [0.2, 0.25) is 0 Å². The third kappa shape index (κ3) is 6.85. The van der Waals surface area contributed by atoms with Crippen LogP contribution in [0.3, 0.4) is 0 Å². The molecule has 0 amide bonds. The van der Waals surface area contributed by atoms with Crippen molar-refractivity contribution in [3.8, 4) is 0 Å². The van der Waals surface area contributed by atoms with Crippen molar-refractivity contribution < 1.29 is 25.2 Å². The van der Waals surface area contributed by atoms with Crippen LogP contribution in [0.4, 0.5) is 0 Å². The molecule has 1 aromatic rings. The molecule has 0 atom stereocenters. The molecule has 0 unspecified atom stereocenters. The molecule has 118 valence electrons.